The monoisotopic (exact) mass is 262 g/mol. The molecule has 2 heterocycles. The van der Waals surface area contributed by atoms with E-state index in [1.807, 2.05) is 11.3 Å². The Morgan fingerprint density at radius 1 is 1.28 bits per heavy atom. The van der Waals surface area contributed by atoms with Gasteiger partial charge in [0.25, 0.3) is 0 Å². The fourth-order valence-corrected chi connectivity index (χ4v) is 3.39. The number of morpholine rings is 1. The number of hydrogen-bond donors (Lipinski definition) is 1. The molecule has 2 N–H and O–H groups in total. The van der Waals surface area contributed by atoms with Gasteiger partial charge in [-0.05, 0) is 28.0 Å². The smallest absolute Gasteiger partial charge is 0.0594 e. The number of nitrogens with zero attached hydrogens (tertiary/aromatic N) is 1. The molecule has 96 valence electrons. The average molecular weight is 262 g/mol. The minimum absolute atomic E-state index is 0.618. The lowest BCUT2D eigenvalue weighted by Crippen LogP contribution is -2.35. The number of rotatable bonds is 3. The Balaban J connectivity index is 1.83. The maximum atomic E-state index is 5.68. The van der Waals surface area contributed by atoms with E-state index in [-0.39, 0.29) is 0 Å². The number of ether oxygens (including phenoxy) is 1. The van der Waals surface area contributed by atoms with Crippen molar-refractivity contribution in [1.29, 1.82) is 0 Å². The van der Waals surface area contributed by atoms with Gasteiger partial charge in [-0.25, -0.2) is 0 Å². The summed E-state index contributed by atoms with van der Waals surface area (Å²) in [5.74, 6) is 0. The average Bonchev–Trinajstić information content (AvgIpc) is 2.82. The maximum Gasteiger partial charge on any atom is 0.0594 e. The van der Waals surface area contributed by atoms with Crippen LogP contribution in [0.4, 0.5) is 0 Å². The van der Waals surface area contributed by atoms with Crippen LogP contribution in [-0.2, 0) is 17.8 Å². The van der Waals surface area contributed by atoms with Crippen molar-refractivity contribution in [2.45, 2.75) is 13.1 Å². The quantitative estimate of drug-likeness (QED) is 0.921. The molecule has 3 rings (SSSR count). The van der Waals surface area contributed by atoms with Crippen LogP contribution in [0.3, 0.4) is 0 Å². The molecule has 1 aromatic carbocycles. The lowest BCUT2D eigenvalue weighted by atomic mass is 10.1. The van der Waals surface area contributed by atoms with Crippen molar-refractivity contribution in [2.24, 2.45) is 5.73 Å². The topological polar surface area (TPSA) is 38.5 Å². The highest BCUT2D eigenvalue weighted by atomic mass is 32.1. The van der Waals surface area contributed by atoms with Gasteiger partial charge in [-0.2, -0.15) is 0 Å². The lowest BCUT2D eigenvalue weighted by molar-refractivity contribution is 0.0344. The Morgan fingerprint density at radius 2 is 2.11 bits per heavy atom. The van der Waals surface area contributed by atoms with Crippen LogP contribution in [-0.4, -0.2) is 31.2 Å². The molecule has 18 heavy (non-hydrogen) atoms. The molecule has 0 amide bonds. The Hall–Kier alpha value is -0.940. The van der Waals surface area contributed by atoms with Gasteiger partial charge in [-0.1, -0.05) is 12.1 Å². The minimum atomic E-state index is 0.618. The van der Waals surface area contributed by atoms with Crippen LogP contribution in [0.5, 0.6) is 0 Å². The van der Waals surface area contributed by atoms with E-state index < -0.39 is 0 Å². The van der Waals surface area contributed by atoms with Gasteiger partial charge in [0, 0.05) is 30.9 Å². The molecule has 0 unspecified atom stereocenters. The molecule has 1 saturated heterocycles. The summed E-state index contributed by atoms with van der Waals surface area (Å²) in [7, 11) is 0. The van der Waals surface area contributed by atoms with Crippen LogP contribution in [0.2, 0.25) is 0 Å². The van der Waals surface area contributed by atoms with Crippen LogP contribution in [0.25, 0.3) is 10.1 Å². The second-order valence-corrected chi connectivity index (χ2v) is 5.60. The summed E-state index contributed by atoms with van der Waals surface area (Å²) in [5, 5.41) is 3.66. The molecular weight excluding hydrogens is 244 g/mol. The number of nitrogens with two attached hydrogens (primary N) is 1. The third-order valence-corrected chi connectivity index (χ3v) is 4.45. The summed E-state index contributed by atoms with van der Waals surface area (Å²) < 4.78 is 6.73. The normalized spacial score (nSPS) is 17.4. The predicted molar refractivity (Wildman–Crippen MR) is 75.8 cm³/mol. The van der Waals surface area contributed by atoms with Gasteiger partial charge >= 0.3 is 0 Å². The summed E-state index contributed by atoms with van der Waals surface area (Å²) in [5.41, 5.74) is 8.32. The SMILES string of the molecule is NCc1ccc2c(CN3CCOCC3)csc2c1. The van der Waals surface area contributed by atoms with E-state index in [2.05, 4.69) is 28.5 Å². The Kier molecular flexibility index (Phi) is 3.61. The summed E-state index contributed by atoms with van der Waals surface area (Å²) >= 11 is 1.82. The van der Waals surface area contributed by atoms with E-state index in [1.54, 1.807) is 0 Å². The van der Waals surface area contributed by atoms with E-state index >= 15 is 0 Å². The molecule has 1 aliphatic rings. The van der Waals surface area contributed by atoms with Crippen molar-refractivity contribution in [2.75, 3.05) is 26.3 Å². The number of hydrogen-bond acceptors (Lipinski definition) is 4. The fourth-order valence-electron chi connectivity index (χ4n) is 2.38. The first-order valence-corrected chi connectivity index (χ1v) is 7.24. The Labute approximate surface area is 111 Å². The second-order valence-electron chi connectivity index (χ2n) is 4.68. The molecule has 2 aromatic rings. The molecule has 3 nitrogen and oxygen atoms in total. The van der Waals surface area contributed by atoms with E-state index in [4.69, 9.17) is 10.5 Å². The first-order chi connectivity index (χ1) is 8.86. The van der Waals surface area contributed by atoms with Crippen molar-refractivity contribution in [3.05, 3.63) is 34.7 Å². The van der Waals surface area contributed by atoms with Crippen LogP contribution in [0.1, 0.15) is 11.1 Å². The zero-order valence-corrected chi connectivity index (χ0v) is 11.2. The van der Waals surface area contributed by atoms with Gasteiger partial charge in [-0.15, -0.1) is 11.3 Å². The number of benzene rings is 1. The van der Waals surface area contributed by atoms with Crippen LogP contribution >= 0.6 is 11.3 Å². The summed E-state index contributed by atoms with van der Waals surface area (Å²) in [4.78, 5) is 2.46. The molecule has 4 heteroatoms. The van der Waals surface area contributed by atoms with Crippen molar-refractivity contribution in [3.8, 4) is 0 Å². The number of thiophene rings is 1. The van der Waals surface area contributed by atoms with Gasteiger partial charge in [-0.3, -0.25) is 4.90 Å². The van der Waals surface area contributed by atoms with Gasteiger partial charge in [0.2, 0.25) is 0 Å². The Bertz CT molecular complexity index is 532. The highest BCUT2D eigenvalue weighted by Crippen LogP contribution is 2.28. The van der Waals surface area contributed by atoms with Crippen molar-refractivity contribution in [1.82, 2.24) is 4.90 Å². The molecular formula is C14H18N2OS. The number of fused-ring (bicyclic) bond motifs is 1. The van der Waals surface area contributed by atoms with Gasteiger partial charge in [0.1, 0.15) is 0 Å². The standard InChI is InChI=1S/C14H18N2OS/c15-8-11-1-2-13-12(10-18-14(13)7-11)9-16-3-5-17-6-4-16/h1-2,7,10H,3-6,8-9,15H2. The molecule has 0 aliphatic carbocycles. The maximum absolute atomic E-state index is 5.68. The van der Waals surface area contributed by atoms with Crippen LogP contribution < -0.4 is 5.73 Å². The van der Waals surface area contributed by atoms with E-state index in [9.17, 15) is 0 Å². The van der Waals surface area contributed by atoms with Crippen molar-refractivity contribution < 1.29 is 4.74 Å². The minimum Gasteiger partial charge on any atom is -0.379 e. The van der Waals surface area contributed by atoms with E-state index in [0.717, 1.165) is 32.8 Å². The largest absolute Gasteiger partial charge is 0.379 e. The second kappa shape index (κ2) is 5.36. The van der Waals surface area contributed by atoms with Gasteiger partial charge < -0.3 is 10.5 Å². The van der Waals surface area contributed by atoms with Crippen molar-refractivity contribution >= 4 is 21.4 Å². The molecule has 1 aromatic heterocycles. The van der Waals surface area contributed by atoms with E-state index in [1.165, 1.54) is 21.2 Å². The molecule has 0 spiro atoms. The first-order valence-electron chi connectivity index (χ1n) is 6.36. The highest BCUT2D eigenvalue weighted by molar-refractivity contribution is 7.17. The molecule has 0 bridgehead atoms. The zero-order valence-electron chi connectivity index (χ0n) is 10.4. The summed E-state index contributed by atoms with van der Waals surface area (Å²) in [6, 6.07) is 6.56. The molecule has 0 saturated carbocycles. The van der Waals surface area contributed by atoms with Gasteiger partial charge in [0.05, 0.1) is 13.2 Å². The molecule has 0 atom stereocenters. The summed E-state index contributed by atoms with van der Waals surface area (Å²) in [6.07, 6.45) is 0. The predicted octanol–water partition coefficient (Wildman–Crippen LogP) is 2.19. The van der Waals surface area contributed by atoms with E-state index in [0.29, 0.717) is 6.54 Å². The molecule has 1 aliphatic heterocycles. The summed E-state index contributed by atoms with van der Waals surface area (Å²) in [6.45, 7) is 5.45. The third-order valence-electron chi connectivity index (χ3n) is 3.45. The first kappa shape index (κ1) is 12.1. The zero-order chi connectivity index (χ0) is 12.4. The molecule has 1 fully saturated rings. The van der Waals surface area contributed by atoms with Crippen molar-refractivity contribution in [3.63, 3.8) is 0 Å². The van der Waals surface area contributed by atoms with Crippen LogP contribution in [0.15, 0.2) is 23.6 Å². The molecule has 0 radical (unpaired) electrons. The third kappa shape index (κ3) is 2.42. The fraction of sp³-hybridized carbons (Fsp3) is 0.429. The van der Waals surface area contributed by atoms with Crippen LogP contribution in [0, 0.1) is 0 Å². The Morgan fingerprint density at radius 3 is 2.89 bits per heavy atom. The lowest BCUT2D eigenvalue weighted by Gasteiger charge is -2.26. The highest BCUT2D eigenvalue weighted by Gasteiger charge is 2.13. The van der Waals surface area contributed by atoms with Gasteiger partial charge in [0.15, 0.2) is 0 Å².